The Morgan fingerprint density at radius 2 is 2.39 bits per heavy atom. The molecule has 0 aliphatic heterocycles. The summed E-state index contributed by atoms with van der Waals surface area (Å²) in [5.41, 5.74) is 0.677. The van der Waals surface area contributed by atoms with Gasteiger partial charge in [-0.15, -0.1) is 5.10 Å². The average Bonchev–Trinajstić information content (AvgIpc) is 2.94. The van der Waals surface area contributed by atoms with Crippen LogP contribution in [-0.2, 0) is 6.54 Å². The molecule has 1 amide bonds. The monoisotopic (exact) mass is 265 g/mol. The van der Waals surface area contributed by atoms with Crippen molar-refractivity contribution in [2.24, 2.45) is 0 Å². The lowest BCUT2D eigenvalue weighted by atomic mass is 10.4. The van der Waals surface area contributed by atoms with Crippen LogP contribution in [0.1, 0.15) is 40.9 Å². The van der Waals surface area contributed by atoms with Crippen molar-refractivity contribution in [3.63, 3.8) is 0 Å². The number of nitrogens with one attached hydrogen (secondary N) is 3. The smallest absolute Gasteiger partial charge is 0.304 e. The molecule has 2 aromatic heterocycles. The van der Waals surface area contributed by atoms with Gasteiger partial charge in [-0.3, -0.25) is 14.7 Å². The van der Waals surface area contributed by atoms with E-state index in [0.717, 1.165) is 30.0 Å². The molecule has 0 radical (unpaired) electrons. The molecule has 8 heteroatoms. The molecule has 1 aliphatic rings. The molecule has 2 aromatic rings. The van der Waals surface area contributed by atoms with Crippen LogP contribution in [0.3, 0.4) is 0 Å². The number of nitrogens with zero attached hydrogens (tertiary/aromatic N) is 2. The number of rotatable bonds is 4. The number of amides is 1. The van der Waals surface area contributed by atoms with Gasteiger partial charge in [-0.2, -0.15) is 0 Å². The molecule has 0 aromatic carbocycles. The largest absolute Gasteiger partial charge is 0.344 e. The van der Waals surface area contributed by atoms with Crippen LogP contribution in [0.25, 0.3) is 0 Å². The first-order valence-corrected chi connectivity index (χ1v) is 6.47. The maximum Gasteiger partial charge on any atom is 0.304 e. The van der Waals surface area contributed by atoms with E-state index < -0.39 is 0 Å². The molecule has 3 N–H and O–H groups in total. The molecular weight excluding hydrogens is 254 g/mol. The third-order valence-electron chi connectivity index (χ3n) is 2.68. The first kappa shape index (κ1) is 11.1. The van der Waals surface area contributed by atoms with Crippen molar-refractivity contribution in [1.29, 1.82) is 0 Å². The fourth-order valence-electron chi connectivity index (χ4n) is 1.57. The summed E-state index contributed by atoms with van der Waals surface area (Å²) in [5.74, 6) is 1.02. The Balaban J connectivity index is 1.61. The Labute approximate surface area is 106 Å². The summed E-state index contributed by atoms with van der Waals surface area (Å²) in [5, 5.41) is 11.0. The fourth-order valence-corrected chi connectivity index (χ4v) is 2.15. The number of thiazole rings is 1. The highest BCUT2D eigenvalue weighted by atomic mass is 32.1. The van der Waals surface area contributed by atoms with Crippen molar-refractivity contribution >= 4 is 17.2 Å². The fraction of sp³-hybridized carbons (Fsp3) is 0.400. The van der Waals surface area contributed by atoms with Crippen LogP contribution in [0.5, 0.6) is 0 Å². The highest BCUT2D eigenvalue weighted by Crippen LogP contribution is 2.37. The third-order valence-corrected chi connectivity index (χ3v) is 3.40. The van der Waals surface area contributed by atoms with E-state index in [9.17, 15) is 9.59 Å². The molecule has 0 atom stereocenters. The molecule has 0 bridgehead atoms. The SMILES string of the molecule is O=C(NCc1csc(=O)[nH]1)c1n[nH]c(C2CC2)n1. The topological polar surface area (TPSA) is 104 Å². The Hall–Kier alpha value is -1.96. The summed E-state index contributed by atoms with van der Waals surface area (Å²) in [7, 11) is 0. The minimum absolute atomic E-state index is 0.131. The maximum absolute atomic E-state index is 11.7. The lowest BCUT2D eigenvalue weighted by Gasteiger charge is -1.98. The molecule has 0 saturated heterocycles. The number of aromatic nitrogens is 4. The van der Waals surface area contributed by atoms with Crippen molar-refractivity contribution in [3.05, 3.63) is 32.4 Å². The Morgan fingerprint density at radius 3 is 3.06 bits per heavy atom. The van der Waals surface area contributed by atoms with Crippen LogP contribution in [-0.4, -0.2) is 26.1 Å². The zero-order chi connectivity index (χ0) is 12.5. The summed E-state index contributed by atoms with van der Waals surface area (Å²) in [4.78, 5) is 29.3. The zero-order valence-corrected chi connectivity index (χ0v) is 10.2. The van der Waals surface area contributed by atoms with Crippen molar-refractivity contribution in [1.82, 2.24) is 25.5 Å². The summed E-state index contributed by atoms with van der Waals surface area (Å²) in [6.07, 6.45) is 2.21. The van der Waals surface area contributed by atoms with Gasteiger partial charge in [0.25, 0.3) is 5.91 Å². The minimum atomic E-state index is -0.342. The van der Waals surface area contributed by atoms with Gasteiger partial charge in [0.05, 0.1) is 6.54 Å². The van der Waals surface area contributed by atoms with Gasteiger partial charge < -0.3 is 10.3 Å². The van der Waals surface area contributed by atoms with Gasteiger partial charge in [0.15, 0.2) is 0 Å². The Bertz CT molecular complexity index is 624. The summed E-state index contributed by atoms with van der Waals surface area (Å²) < 4.78 is 0. The van der Waals surface area contributed by atoms with E-state index in [1.54, 1.807) is 5.38 Å². The quantitative estimate of drug-likeness (QED) is 0.742. The lowest BCUT2D eigenvalue weighted by Crippen LogP contribution is -2.24. The second-order valence-electron chi connectivity index (χ2n) is 4.17. The molecule has 0 unspecified atom stereocenters. The number of aromatic amines is 2. The normalized spacial score (nSPS) is 14.7. The standard InChI is InChI=1S/C10H11N5O2S/c16-9(11-3-6-4-18-10(17)12-6)8-13-7(14-15-8)5-1-2-5/h4-5H,1-3H2,(H,11,16)(H,12,17)(H,13,14,15). The number of hydrogen-bond donors (Lipinski definition) is 3. The highest BCUT2D eigenvalue weighted by molar-refractivity contribution is 7.07. The van der Waals surface area contributed by atoms with Gasteiger partial charge in [0, 0.05) is 17.0 Å². The van der Waals surface area contributed by atoms with Crippen LogP contribution < -0.4 is 10.2 Å². The molecule has 94 valence electrons. The van der Waals surface area contributed by atoms with Gasteiger partial charge in [-0.05, 0) is 12.8 Å². The van der Waals surface area contributed by atoms with Gasteiger partial charge in [-0.25, -0.2) is 4.98 Å². The average molecular weight is 265 g/mol. The molecule has 1 fully saturated rings. The van der Waals surface area contributed by atoms with E-state index in [4.69, 9.17) is 0 Å². The van der Waals surface area contributed by atoms with Crippen molar-refractivity contribution in [2.75, 3.05) is 0 Å². The van der Waals surface area contributed by atoms with Crippen LogP contribution in [0, 0.1) is 0 Å². The van der Waals surface area contributed by atoms with Gasteiger partial charge in [0.1, 0.15) is 5.82 Å². The van der Waals surface area contributed by atoms with E-state index in [1.807, 2.05) is 0 Å². The van der Waals surface area contributed by atoms with Crippen molar-refractivity contribution in [2.45, 2.75) is 25.3 Å². The van der Waals surface area contributed by atoms with Crippen LogP contribution in [0.15, 0.2) is 10.2 Å². The number of hydrogen-bond acceptors (Lipinski definition) is 5. The lowest BCUT2D eigenvalue weighted by molar-refractivity contribution is 0.0940. The third kappa shape index (κ3) is 2.33. The molecule has 1 aliphatic carbocycles. The molecule has 0 spiro atoms. The molecule has 3 rings (SSSR count). The van der Waals surface area contributed by atoms with Gasteiger partial charge in [0.2, 0.25) is 5.82 Å². The van der Waals surface area contributed by atoms with Crippen LogP contribution in [0.2, 0.25) is 0 Å². The van der Waals surface area contributed by atoms with Crippen molar-refractivity contribution in [3.8, 4) is 0 Å². The number of carbonyl (C=O) groups excluding carboxylic acids is 1. The molecule has 1 saturated carbocycles. The number of H-pyrrole nitrogens is 2. The molecular formula is C10H11N5O2S. The molecule has 7 nitrogen and oxygen atoms in total. The van der Waals surface area contributed by atoms with E-state index in [1.165, 1.54) is 0 Å². The zero-order valence-electron chi connectivity index (χ0n) is 9.40. The minimum Gasteiger partial charge on any atom is -0.344 e. The molecule has 18 heavy (non-hydrogen) atoms. The predicted octanol–water partition coefficient (Wildman–Crippen LogP) is 0.362. The second-order valence-corrected chi connectivity index (χ2v) is 5.02. The number of carbonyl (C=O) groups is 1. The highest BCUT2D eigenvalue weighted by Gasteiger charge is 2.28. The van der Waals surface area contributed by atoms with E-state index >= 15 is 0 Å². The first-order chi connectivity index (χ1) is 8.72. The van der Waals surface area contributed by atoms with Crippen LogP contribution >= 0.6 is 11.3 Å². The molecule has 2 heterocycles. The van der Waals surface area contributed by atoms with Gasteiger partial charge in [-0.1, -0.05) is 11.3 Å². The van der Waals surface area contributed by atoms with E-state index in [2.05, 4.69) is 25.5 Å². The maximum atomic E-state index is 11.7. The Morgan fingerprint density at radius 1 is 1.56 bits per heavy atom. The summed E-state index contributed by atoms with van der Waals surface area (Å²) in [6.45, 7) is 0.269. The van der Waals surface area contributed by atoms with Crippen LogP contribution in [0.4, 0.5) is 0 Å². The second kappa shape index (κ2) is 4.37. The first-order valence-electron chi connectivity index (χ1n) is 5.59. The summed E-state index contributed by atoms with van der Waals surface area (Å²) in [6, 6.07) is 0. The summed E-state index contributed by atoms with van der Waals surface area (Å²) >= 11 is 1.07. The van der Waals surface area contributed by atoms with Gasteiger partial charge >= 0.3 is 4.87 Å². The predicted molar refractivity (Wildman–Crippen MR) is 64.5 cm³/mol. The van der Waals surface area contributed by atoms with Crippen molar-refractivity contribution < 1.29 is 4.79 Å². The van der Waals surface area contributed by atoms with E-state index in [0.29, 0.717) is 11.6 Å². The Kier molecular flexibility index (Phi) is 2.71. The van der Waals surface area contributed by atoms with E-state index in [-0.39, 0.29) is 23.1 Å².